The first-order valence-corrected chi connectivity index (χ1v) is 8.05. The van der Waals surface area contributed by atoms with Crippen LogP contribution in [0.5, 0.6) is 5.75 Å². The molecule has 7 heteroatoms. The van der Waals surface area contributed by atoms with Crippen molar-refractivity contribution in [1.29, 1.82) is 0 Å². The highest BCUT2D eigenvalue weighted by Gasteiger charge is 2.28. The van der Waals surface area contributed by atoms with Gasteiger partial charge in [-0.05, 0) is 30.5 Å². The van der Waals surface area contributed by atoms with Gasteiger partial charge in [0.25, 0.3) is 0 Å². The highest BCUT2D eigenvalue weighted by atomic mass is 32.2. The van der Waals surface area contributed by atoms with Crippen LogP contribution in [0.15, 0.2) is 23.1 Å². The maximum Gasteiger partial charge on any atom is 0.243 e. The fraction of sp³-hybridized carbons (Fsp3) is 0.538. The molecule has 1 aromatic carbocycles. The number of benzene rings is 1. The Morgan fingerprint density at radius 1 is 1.50 bits per heavy atom. The number of rotatable bonds is 5. The molecule has 1 aliphatic heterocycles. The number of nitrogens with zero attached hydrogens (tertiary/aromatic N) is 1. The van der Waals surface area contributed by atoms with Gasteiger partial charge in [-0.1, -0.05) is 6.92 Å². The number of phenolic OH excluding ortho intramolecular Hbond substituents is 1. The van der Waals surface area contributed by atoms with Crippen molar-refractivity contribution in [2.45, 2.75) is 18.2 Å². The Hall–Kier alpha value is -1.31. The van der Waals surface area contributed by atoms with Gasteiger partial charge < -0.3 is 15.6 Å². The number of nitrogens with two attached hydrogens (primary N) is 1. The molecule has 1 unspecified atom stereocenters. The van der Waals surface area contributed by atoms with Crippen LogP contribution >= 0.6 is 0 Å². The number of anilines is 1. The molecule has 0 saturated carbocycles. The number of hydrogen-bond acceptors (Lipinski definition) is 5. The van der Waals surface area contributed by atoms with Crippen molar-refractivity contribution in [2.75, 3.05) is 32.0 Å². The molecule has 20 heavy (non-hydrogen) atoms. The van der Waals surface area contributed by atoms with E-state index in [9.17, 15) is 13.5 Å². The average molecular weight is 300 g/mol. The molecule has 3 N–H and O–H groups in total. The third-order valence-electron chi connectivity index (χ3n) is 3.48. The molecule has 1 saturated heterocycles. The monoisotopic (exact) mass is 300 g/mol. The molecule has 1 aliphatic rings. The quantitative estimate of drug-likeness (QED) is 0.625. The predicted octanol–water partition coefficient (Wildman–Crippen LogP) is 1.02. The standard InChI is InChI=1S/C13H20N2O4S/c1-2-15(8-10-5-6-19-9-10)20(17,18)11-3-4-13(16)12(14)7-11/h3-4,7,10,16H,2,5-6,8-9,14H2,1H3. The predicted molar refractivity (Wildman–Crippen MR) is 75.9 cm³/mol. The zero-order chi connectivity index (χ0) is 14.8. The zero-order valence-corrected chi connectivity index (χ0v) is 12.3. The van der Waals surface area contributed by atoms with Crippen LogP contribution in [-0.4, -0.2) is 44.1 Å². The fourth-order valence-corrected chi connectivity index (χ4v) is 3.82. The van der Waals surface area contributed by atoms with E-state index in [1.165, 1.54) is 22.5 Å². The van der Waals surface area contributed by atoms with Crippen LogP contribution in [0.4, 0.5) is 5.69 Å². The van der Waals surface area contributed by atoms with Crippen LogP contribution in [0.2, 0.25) is 0 Å². The van der Waals surface area contributed by atoms with Crippen molar-refractivity contribution in [3.05, 3.63) is 18.2 Å². The highest BCUT2D eigenvalue weighted by Crippen LogP contribution is 2.26. The minimum absolute atomic E-state index is 0.0614. The minimum atomic E-state index is -3.59. The van der Waals surface area contributed by atoms with Crippen molar-refractivity contribution in [3.63, 3.8) is 0 Å². The molecule has 1 aromatic rings. The maximum atomic E-state index is 12.6. The molecule has 0 spiro atoms. The van der Waals surface area contributed by atoms with E-state index in [0.29, 0.717) is 26.3 Å². The molecule has 1 heterocycles. The second-order valence-electron chi connectivity index (χ2n) is 4.91. The first-order valence-electron chi connectivity index (χ1n) is 6.61. The van der Waals surface area contributed by atoms with E-state index in [1.807, 2.05) is 0 Å². The first kappa shape index (κ1) is 15.1. The molecule has 0 bridgehead atoms. The SMILES string of the molecule is CCN(CC1CCOC1)S(=O)(=O)c1ccc(O)c(N)c1. The molecule has 0 radical (unpaired) electrons. The molecule has 2 rings (SSSR count). The third-order valence-corrected chi connectivity index (χ3v) is 5.41. The lowest BCUT2D eigenvalue weighted by atomic mass is 10.1. The van der Waals surface area contributed by atoms with E-state index >= 15 is 0 Å². The van der Waals surface area contributed by atoms with Crippen molar-refractivity contribution in [3.8, 4) is 5.75 Å². The van der Waals surface area contributed by atoms with Crippen LogP contribution in [-0.2, 0) is 14.8 Å². The van der Waals surface area contributed by atoms with Crippen LogP contribution in [0.1, 0.15) is 13.3 Å². The number of phenols is 1. The van der Waals surface area contributed by atoms with E-state index in [-0.39, 0.29) is 22.3 Å². The van der Waals surface area contributed by atoms with Gasteiger partial charge in [0.05, 0.1) is 17.2 Å². The highest BCUT2D eigenvalue weighted by molar-refractivity contribution is 7.89. The van der Waals surface area contributed by atoms with Gasteiger partial charge in [-0.25, -0.2) is 8.42 Å². The Kier molecular flexibility index (Phi) is 4.52. The summed E-state index contributed by atoms with van der Waals surface area (Å²) in [4.78, 5) is 0.105. The van der Waals surface area contributed by atoms with Gasteiger partial charge >= 0.3 is 0 Å². The van der Waals surface area contributed by atoms with E-state index < -0.39 is 10.0 Å². The average Bonchev–Trinajstić information content (AvgIpc) is 2.91. The van der Waals surface area contributed by atoms with Crippen LogP contribution in [0, 0.1) is 5.92 Å². The lowest BCUT2D eigenvalue weighted by Crippen LogP contribution is -2.35. The molecule has 1 fully saturated rings. The molecule has 0 amide bonds. The van der Waals surface area contributed by atoms with Gasteiger partial charge in [0.1, 0.15) is 5.75 Å². The second kappa shape index (κ2) is 5.99. The van der Waals surface area contributed by atoms with Crippen molar-refractivity contribution >= 4 is 15.7 Å². The summed E-state index contributed by atoms with van der Waals surface area (Å²) in [5.74, 6) is 0.121. The molecule has 112 valence electrons. The molecule has 0 aromatic heterocycles. The Morgan fingerprint density at radius 2 is 2.25 bits per heavy atom. The maximum absolute atomic E-state index is 12.6. The molecular formula is C13H20N2O4S. The van der Waals surface area contributed by atoms with Gasteiger partial charge in [0.15, 0.2) is 0 Å². The molecule has 1 atom stereocenters. The van der Waals surface area contributed by atoms with Crippen LogP contribution in [0.3, 0.4) is 0 Å². The summed E-state index contributed by atoms with van der Waals surface area (Å²) in [7, 11) is -3.59. The Labute approximate surface area is 119 Å². The number of nitrogen functional groups attached to an aromatic ring is 1. The number of hydrogen-bond donors (Lipinski definition) is 2. The van der Waals surface area contributed by atoms with Crippen molar-refractivity contribution in [1.82, 2.24) is 4.31 Å². The topological polar surface area (TPSA) is 92.9 Å². The van der Waals surface area contributed by atoms with Crippen LogP contribution in [0.25, 0.3) is 0 Å². The molecule has 0 aliphatic carbocycles. The zero-order valence-electron chi connectivity index (χ0n) is 11.4. The lowest BCUT2D eigenvalue weighted by Gasteiger charge is -2.23. The molecule has 6 nitrogen and oxygen atoms in total. The van der Waals surface area contributed by atoms with E-state index in [2.05, 4.69) is 0 Å². The lowest BCUT2D eigenvalue weighted by molar-refractivity contribution is 0.181. The summed E-state index contributed by atoms with van der Waals surface area (Å²) >= 11 is 0. The van der Waals surface area contributed by atoms with E-state index in [4.69, 9.17) is 10.5 Å². The third kappa shape index (κ3) is 3.05. The summed E-state index contributed by atoms with van der Waals surface area (Å²) in [6.45, 7) is 3.93. The first-order chi connectivity index (χ1) is 9.45. The van der Waals surface area contributed by atoms with E-state index in [0.717, 1.165) is 6.42 Å². The molecular weight excluding hydrogens is 280 g/mol. The smallest absolute Gasteiger partial charge is 0.243 e. The minimum Gasteiger partial charge on any atom is -0.506 e. The number of sulfonamides is 1. The Morgan fingerprint density at radius 3 is 2.80 bits per heavy atom. The van der Waals surface area contributed by atoms with Crippen molar-refractivity contribution < 1.29 is 18.3 Å². The summed E-state index contributed by atoms with van der Waals surface area (Å²) in [5, 5.41) is 9.39. The normalized spacial score (nSPS) is 19.6. The Bertz CT molecular complexity index is 568. The second-order valence-corrected chi connectivity index (χ2v) is 6.84. The van der Waals surface area contributed by atoms with Crippen molar-refractivity contribution in [2.24, 2.45) is 5.92 Å². The van der Waals surface area contributed by atoms with Gasteiger partial charge in [0, 0.05) is 19.7 Å². The summed E-state index contributed by atoms with van der Waals surface area (Å²) in [6.07, 6.45) is 0.879. The van der Waals surface area contributed by atoms with Gasteiger partial charge in [-0.3, -0.25) is 0 Å². The number of ether oxygens (including phenoxy) is 1. The summed E-state index contributed by atoms with van der Waals surface area (Å²) < 4.78 is 31.8. The largest absolute Gasteiger partial charge is 0.506 e. The number of aromatic hydroxyl groups is 1. The summed E-state index contributed by atoms with van der Waals surface area (Å²) in [5.41, 5.74) is 5.63. The van der Waals surface area contributed by atoms with Crippen LogP contribution < -0.4 is 5.73 Å². The van der Waals surface area contributed by atoms with Gasteiger partial charge in [0.2, 0.25) is 10.0 Å². The fourth-order valence-electron chi connectivity index (χ4n) is 2.25. The van der Waals surface area contributed by atoms with Gasteiger partial charge in [-0.15, -0.1) is 0 Å². The Balaban J connectivity index is 2.23. The summed E-state index contributed by atoms with van der Waals surface area (Å²) in [6, 6.07) is 3.96. The van der Waals surface area contributed by atoms with E-state index in [1.54, 1.807) is 6.92 Å². The van der Waals surface area contributed by atoms with Gasteiger partial charge in [-0.2, -0.15) is 4.31 Å².